The first-order valence-electron chi connectivity index (χ1n) is 6.04. The van der Waals surface area contributed by atoms with Crippen molar-refractivity contribution < 1.29 is 4.39 Å². The number of hydrogen-bond acceptors (Lipinski definition) is 2. The molecule has 0 aliphatic rings. The first-order valence-corrected chi connectivity index (χ1v) is 6.42. The van der Waals surface area contributed by atoms with E-state index in [0.29, 0.717) is 10.5 Å². The predicted molar refractivity (Wildman–Crippen MR) is 75.0 cm³/mol. The van der Waals surface area contributed by atoms with Gasteiger partial charge in [-0.25, -0.2) is 9.37 Å². The van der Waals surface area contributed by atoms with E-state index in [1.165, 1.54) is 6.07 Å². The molecular weight excluding hydrogens is 251 g/mol. The van der Waals surface area contributed by atoms with Crippen molar-refractivity contribution in [2.45, 2.75) is 27.2 Å². The van der Waals surface area contributed by atoms with Gasteiger partial charge < -0.3 is 5.32 Å². The number of aromatic nitrogens is 1. The molecule has 0 unspecified atom stereocenters. The highest BCUT2D eigenvalue weighted by Crippen LogP contribution is 2.31. The second kappa shape index (κ2) is 5.11. The SMILES string of the molecule is CCCNc1c(C)c(C)nc2c(F)cc(Cl)cc12. The number of rotatable bonds is 3. The zero-order valence-corrected chi connectivity index (χ0v) is 11.5. The molecule has 1 aromatic heterocycles. The Bertz CT molecular complexity index is 596. The molecular formula is C14H16ClFN2. The van der Waals surface area contributed by atoms with Gasteiger partial charge in [-0.2, -0.15) is 0 Å². The maximum atomic E-state index is 13.9. The van der Waals surface area contributed by atoms with Crippen molar-refractivity contribution in [3.63, 3.8) is 0 Å². The van der Waals surface area contributed by atoms with Crippen molar-refractivity contribution >= 4 is 28.2 Å². The highest BCUT2D eigenvalue weighted by molar-refractivity contribution is 6.31. The van der Waals surface area contributed by atoms with Gasteiger partial charge >= 0.3 is 0 Å². The predicted octanol–water partition coefficient (Wildman–Crippen LogP) is 4.47. The van der Waals surface area contributed by atoms with E-state index in [1.54, 1.807) is 6.07 Å². The lowest BCUT2D eigenvalue weighted by molar-refractivity contribution is 0.636. The zero-order valence-electron chi connectivity index (χ0n) is 10.8. The molecule has 0 radical (unpaired) electrons. The lowest BCUT2D eigenvalue weighted by Crippen LogP contribution is -2.05. The summed E-state index contributed by atoms with van der Waals surface area (Å²) in [6.07, 6.45) is 1.01. The fraction of sp³-hybridized carbons (Fsp3) is 0.357. The van der Waals surface area contributed by atoms with E-state index < -0.39 is 0 Å². The number of nitrogens with zero attached hydrogens (tertiary/aromatic N) is 1. The van der Waals surface area contributed by atoms with Gasteiger partial charge in [0.2, 0.25) is 0 Å². The molecule has 0 amide bonds. The van der Waals surface area contributed by atoms with E-state index >= 15 is 0 Å². The number of hydrogen-bond donors (Lipinski definition) is 1. The number of aryl methyl sites for hydroxylation is 1. The maximum Gasteiger partial charge on any atom is 0.150 e. The van der Waals surface area contributed by atoms with Crippen LogP contribution in [-0.4, -0.2) is 11.5 Å². The Kier molecular flexibility index (Phi) is 3.71. The summed E-state index contributed by atoms with van der Waals surface area (Å²) in [5.41, 5.74) is 3.18. The second-order valence-corrected chi connectivity index (χ2v) is 4.84. The zero-order chi connectivity index (χ0) is 13.3. The van der Waals surface area contributed by atoms with Crippen molar-refractivity contribution in [2.75, 3.05) is 11.9 Å². The Labute approximate surface area is 111 Å². The van der Waals surface area contributed by atoms with Crippen LogP contribution in [0.5, 0.6) is 0 Å². The quantitative estimate of drug-likeness (QED) is 0.887. The van der Waals surface area contributed by atoms with Gasteiger partial charge in [-0.3, -0.25) is 0 Å². The third-order valence-electron chi connectivity index (χ3n) is 3.05. The number of benzene rings is 1. The van der Waals surface area contributed by atoms with Crippen LogP contribution in [0.4, 0.5) is 10.1 Å². The topological polar surface area (TPSA) is 24.9 Å². The first-order chi connectivity index (χ1) is 8.54. The van der Waals surface area contributed by atoms with Crippen LogP contribution in [0, 0.1) is 19.7 Å². The van der Waals surface area contributed by atoms with Crippen molar-refractivity contribution in [3.05, 3.63) is 34.2 Å². The van der Waals surface area contributed by atoms with Crippen LogP contribution in [0.1, 0.15) is 24.6 Å². The molecule has 0 spiro atoms. The third kappa shape index (κ3) is 2.27. The molecule has 2 nitrogen and oxygen atoms in total. The summed E-state index contributed by atoms with van der Waals surface area (Å²) in [5, 5.41) is 4.48. The van der Waals surface area contributed by atoms with Gasteiger partial charge in [0.15, 0.2) is 5.82 Å². The van der Waals surface area contributed by atoms with Crippen molar-refractivity contribution in [3.8, 4) is 0 Å². The molecule has 2 rings (SSSR count). The number of fused-ring (bicyclic) bond motifs is 1. The highest BCUT2D eigenvalue weighted by atomic mass is 35.5. The van der Waals surface area contributed by atoms with Crippen LogP contribution >= 0.6 is 11.6 Å². The van der Waals surface area contributed by atoms with Gasteiger partial charge in [0.1, 0.15) is 5.52 Å². The molecule has 4 heteroatoms. The van der Waals surface area contributed by atoms with Crippen LogP contribution < -0.4 is 5.32 Å². The summed E-state index contributed by atoms with van der Waals surface area (Å²) in [7, 11) is 0. The average Bonchev–Trinajstić information content (AvgIpc) is 2.31. The van der Waals surface area contributed by atoms with Crippen molar-refractivity contribution in [1.82, 2.24) is 4.98 Å². The lowest BCUT2D eigenvalue weighted by Gasteiger charge is -2.14. The maximum absolute atomic E-state index is 13.9. The molecule has 0 fully saturated rings. The minimum absolute atomic E-state index is 0.375. The van der Waals surface area contributed by atoms with Gasteiger partial charge in [-0.1, -0.05) is 18.5 Å². The Hall–Kier alpha value is -1.35. The molecule has 2 aromatic rings. The molecule has 1 heterocycles. The first kappa shape index (κ1) is 13.1. The van der Waals surface area contributed by atoms with E-state index in [4.69, 9.17) is 11.6 Å². The van der Waals surface area contributed by atoms with E-state index in [0.717, 1.165) is 35.3 Å². The van der Waals surface area contributed by atoms with Gasteiger partial charge in [-0.15, -0.1) is 0 Å². The number of anilines is 1. The highest BCUT2D eigenvalue weighted by Gasteiger charge is 2.13. The Morgan fingerprint density at radius 2 is 2.06 bits per heavy atom. The van der Waals surface area contributed by atoms with Gasteiger partial charge in [0, 0.05) is 28.3 Å². The number of halogens is 2. The van der Waals surface area contributed by atoms with Crippen LogP contribution in [-0.2, 0) is 0 Å². The molecule has 18 heavy (non-hydrogen) atoms. The Balaban J connectivity index is 2.74. The molecule has 0 bridgehead atoms. The second-order valence-electron chi connectivity index (χ2n) is 4.41. The molecule has 1 aromatic carbocycles. The van der Waals surface area contributed by atoms with Gasteiger partial charge in [-0.05, 0) is 38.0 Å². The van der Waals surface area contributed by atoms with E-state index in [1.807, 2.05) is 13.8 Å². The largest absolute Gasteiger partial charge is 0.384 e. The minimum atomic E-state index is -0.375. The minimum Gasteiger partial charge on any atom is -0.384 e. The average molecular weight is 267 g/mol. The fourth-order valence-corrected chi connectivity index (χ4v) is 2.19. The van der Waals surface area contributed by atoms with Crippen LogP contribution in [0.15, 0.2) is 12.1 Å². The molecule has 96 valence electrons. The lowest BCUT2D eigenvalue weighted by atomic mass is 10.1. The Morgan fingerprint density at radius 3 is 2.72 bits per heavy atom. The smallest absolute Gasteiger partial charge is 0.150 e. The van der Waals surface area contributed by atoms with Gasteiger partial charge in [0.05, 0.1) is 0 Å². The van der Waals surface area contributed by atoms with Gasteiger partial charge in [0.25, 0.3) is 0 Å². The third-order valence-corrected chi connectivity index (χ3v) is 3.26. The summed E-state index contributed by atoms with van der Waals surface area (Å²) < 4.78 is 13.9. The fourth-order valence-electron chi connectivity index (χ4n) is 1.98. The Morgan fingerprint density at radius 1 is 1.33 bits per heavy atom. The molecule has 1 N–H and O–H groups in total. The monoisotopic (exact) mass is 266 g/mol. The molecule has 0 saturated heterocycles. The normalized spacial score (nSPS) is 10.9. The van der Waals surface area contributed by atoms with E-state index in [2.05, 4.69) is 17.2 Å². The van der Waals surface area contributed by atoms with Crippen LogP contribution in [0.3, 0.4) is 0 Å². The van der Waals surface area contributed by atoms with Crippen molar-refractivity contribution in [1.29, 1.82) is 0 Å². The summed E-state index contributed by atoms with van der Waals surface area (Å²) in [4.78, 5) is 4.31. The summed E-state index contributed by atoms with van der Waals surface area (Å²) in [5.74, 6) is -0.375. The summed E-state index contributed by atoms with van der Waals surface area (Å²) in [6, 6.07) is 3.06. The molecule has 0 atom stereocenters. The summed E-state index contributed by atoms with van der Waals surface area (Å²) >= 11 is 5.93. The molecule has 0 aliphatic carbocycles. The molecule has 0 aliphatic heterocycles. The van der Waals surface area contributed by atoms with Crippen LogP contribution in [0.2, 0.25) is 5.02 Å². The molecule has 0 saturated carbocycles. The summed E-state index contributed by atoms with van der Waals surface area (Å²) in [6.45, 7) is 6.80. The van der Waals surface area contributed by atoms with E-state index in [-0.39, 0.29) is 5.82 Å². The number of nitrogens with one attached hydrogen (secondary N) is 1. The number of pyridine rings is 1. The van der Waals surface area contributed by atoms with E-state index in [9.17, 15) is 4.39 Å². The standard InChI is InChI=1S/C14H16ClFN2/c1-4-5-17-13-8(2)9(3)18-14-11(13)6-10(15)7-12(14)16/h6-7H,4-5H2,1-3H3,(H,17,18). The van der Waals surface area contributed by atoms with Crippen molar-refractivity contribution in [2.24, 2.45) is 0 Å². The van der Waals surface area contributed by atoms with Crippen LogP contribution in [0.25, 0.3) is 10.9 Å².